The van der Waals surface area contributed by atoms with E-state index in [0.717, 1.165) is 32.8 Å². The summed E-state index contributed by atoms with van der Waals surface area (Å²) in [5, 5.41) is 6.13. The quantitative estimate of drug-likeness (QED) is 0.230. The fraction of sp³-hybridized carbons (Fsp3) is 0. The van der Waals surface area contributed by atoms with Crippen molar-refractivity contribution in [1.82, 2.24) is 19.1 Å². The maximum atomic E-state index is 4.86. The fourth-order valence-corrected chi connectivity index (χ4v) is 7.34. The van der Waals surface area contributed by atoms with Gasteiger partial charge in [-0.15, -0.1) is 11.3 Å². The van der Waals surface area contributed by atoms with E-state index >= 15 is 0 Å². The maximum absolute atomic E-state index is 4.86. The monoisotopic (exact) mass is 516 g/mol. The van der Waals surface area contributed by atoms with Gasteiger partial charge in [-0.2, -0.15) is 0 Å². The first-order valence-electron chi connectivity index (χ1n) is 13.0. The normalized spacial score (nSPS) is 12.1. The summed E-state index contributed by atoms with van der Waals surface area (Å²) in [7, 11) is 0. The fourth-order valence-electron chi connectivity index (χ4n) is 6.20. The van der Waals surface area contributed by atoms with Gasteiger partial charge in [-0.05, 0) is 42.5 Å². The number of aromatic nitrogens is 4. The second kappa shape index (κ2) is 7.76. The highest BCUT2D eigenvalue weighted by molar-refractivity contribution is 7.26. The number of hydrogen-bond acceptors (Lipinski definition) is 3. The highest BCUT2D eigenvalue weighted by atomic mass is 32.1. The Labute approximate surface area is 227 Å². The molecule has 4 aromatic heterocycles. The van der Waals surface area contributed by atoms with Crippen LogP contribution >= 0.6 is 11.3 Å². The maximum Gasteiger partial charge on any atom is 0.159 e. The minimum atomic E-state index is 0.928. The number of rotatable bonds is 2. The van der Waals surface area contributed by atoms with Crippen LogP contribution in [-0.2, 0) is 0 Å². The molecule has 4 nitrogen and oxygen atoms in total. The van der Waals surface area contributed by atoms with Crippen molar-refractivity contribution in [2.75, 3.05) is 0 Å². The average molecular weight is 517 g/mol. The Morgan fingerprint density at radius 1 is 0.487 bits per heavy atom. The van der Waals surface area contributed by atoms with Crippen LogP contribution in [0.5, 0.6) is 0 Å². The average Bonchev–Trinajstić information content (AvgIpc) is 3.65. The summed E-state index contributed by atoms with van der Waals surface area (Å²) < 4.78 is 7.02. The molecule has 4 heterocycles. The van der Waals surface area contributed by atoms with Crippen molar-refractivity contribution in [2.45, 2.75) is 0 Å². The van der Waals surface area contributed by atoms with Gasteiger partial charge in [0, 0.05) is 37.3 Å². The van der Waals surface area contributed by atoms with Gasteiger partial charge in [0.1, 0.15) is 6.33 Å². The van der Waals surface area contributed by atoms with Crippen LogP contribution in [0.3, 0.4) is 0 Å². The van der Waals surface area contributed by atoms with Gasteiger partial charge in [-0.3, -0.25) is 4.57 Å². The number of hydrogen-bond donors (Lipinski definition) is 0. The molecule has 0 unspecified atom stereocenters. The molecular formula is C34H20N4S. The zero-order valence-corrected chi connectivity index (χ0v) is 21.6. The molecule has 0 aliphatic carbocycles. The molecule has 9 aromatic rings. The smallest absolute Gasteiger partial charge is 0.159 e. The lowest BCUT2D eigenvalue weighted by molar-refractivity contribution is 1.07. The van der Waals surface area contributed by atoms with Crippen LogP contribution in [0, 0.1) is 0 Å². The van der Waals surface area contributed by atoms with Crippen molar-refractivity contribution >= 4 is 75.3 Å². The van der Waals surface area contributed by atoms with E-state index in [9.17, 15) is 0 Å². The lowest BCUT2D eigenvalue weighted by Gasteiger charge is -2.10. The van der Waals surface area contributed by atoms with E-state index in [1.54, 1.807) is 17.7 Å². The Hall–Kier alpha value is -5.00. The van der Waals surface area contributed by atoms with E-state index in [0.29, 0.717) is 0 Å². The molecular weight excluding hydrogens is 496 g/mol. The highest BCUT2D eigenvalue weighted by Crippen LogP contribution is 2.40. The minimum absolute atomic E-state index is 0.928. The summed E-state index contributed by atoms with van der Waals surface area (Å²) in [6, 6.07) is 41.2. The van der Waals surface area contributed by atoms with Crippen LogP contribution < -0.4 is 0 Å². The van der Waals surface area contributed by atoms with Crippen molar-refractivity contribution in [2.24, 2.45) is 0 Å². The zero-order chi connectivity index (χ0) is 25.5. The van der Waals surface area contributed by atoms with Gasteiger partial charge >= 0.3 is 0 Å². The molecule has 9 rings (SSSR count). The Bertz CT molecular complexity index is 2350. The van der Waals surface area contributed by atoms with Crippen LogP contribution in [0.2, 0.25) is 0 Å². The van der Waals surface area contributed by atoms with Gasteiger partial charge in [0.15, 0.2) is 5.82 Å². The van der Waals surface area contributed by atoms with E-state index in [1.807, 2.05) is 0 Å². The van der Waals surface area contributed by atoms with Crippen LogP contribution in [-0.4, -0.2) is 19.1 Å². The number of fused-ring (bicyclic) bond motifs is 9. The third kappa shape index (κ3) is 2.82. The zero-order valence-electron chi connectivity index (χ0n) is 20.7. The minimum Gasteiger partial charge on any atom is -0.309 e. The van der Waals surface area contributed by atoms with E-state index in [4.69, 9.17) is 4.98 Å². The van der Waals surface area contributed by atoms with Gasteiger partial charge in [0.05, 0.1) is 32.3 Å². The second-order valence-electron chi connectivity index (χ2n) is 9.90. The van der Waals surface area contributed by atoms with E-state index < -0.39 is 0 Å². The lowest BCUT2D eigenvalue weighted by Crippen LogP contribution is -1.98. The topological polar surface area (TPSA) is 35.6 Å². The summed E-state index contributed by atoms with van der Waals surface area (Å²) >= 11 is 1.76. The highest BCUT2D eigenvalue weighted by Gasteiger charge is 2.19. The lowest BCUT2D eigenvalue weighted by atomic mass is 10.1. The Balaban J connectivity index is 1.38. The first-order valence-corrected chi connectivity index (χ1v) is 13.8. The molecule has 0 aliphatic heterocycles. The van der Waals surface area contributed by atoms with Crippen molar-refractivity contribution in [1.29, 1.82) is 0 Å². The SMILES string of the molecule is c1ccc2c(c1)sc1c(-n3c4ccccc4c4cc(-n5c6ccccc6c6ccccc65)ccc43)ncnc12. The predicted molar refractivity (Wildman–Crippen MR) is 164 cm³/mol. The van der Waals surface area contributed by atoms with Crippen LogP contribution in [0.15, 0.2) is 122 Å². The molecule has 0 fully saturated rings. The van der Waals surface area contributed by atoms with Gasteiger partial charge in [-0.25, -0.2) is 9.97 Å². The first kappa shape index (κ1) is 21.0. The summed E-state index contributed by atoms with van der Waals surface area (Å²) in [5.74, 6) is 0.928. The molecule has 0 aliphatic rings. The molecule has 0 saturated carbocycles. The van der Waals surface area contributed by atoms with Crippen LogP contribution in [0.25, 0.3) is 75.4 Å². The predicted octanol–water partition coefficient (Wildman–Crippen LogP) is 9.04. The molecule has 0 radical (unpaired) electrons. The number of nitrogens with zero attached hydrogens (tertiary/aromatic N) is 4. The Morgan fingerprint density at radius 3 is 1.77 bits per heavy atom. The summed E-state index contributed by atoms with van der Waals surface area (Å²) in [6.07, 6.45) is 1.70. The van der Waals surface area contributed by atoms with Gasteiger partial charge < -0.3 is 4.57 Å². The molecule has 5 heteroatoms. The number of benzene rings is 5. The summed E-state index contributed by atoms with van der Waals surface area (Å²) in [4.78, 5) is 9.54. The van der Waals surface area contributed by atoms with E-state index in [2.05, 4.69) is 129 Å². The van der Waals surface area contributed by atoms with E-state index in [-0.39, 0.29) is 0 Å². The molecule has 0 amide bonds. The molecule has 182 valence electrons. The number of thiophene rings is 1. The molecule has 0 N–H and O–H groups in total. The van der Waals surface area contributed by atoms with Crippen molar-refractivity contribution < 1.29 is 0 Å². The van der Waals surface area contributed by atoms with Crippen molar-refractivity contribution in [3.63, 3.8) is 0 Å². The molecule has 39 heavy (non-hydrogen) atoms. The van der Waals surface area contributed by atoms with Gasteiger partial charge in [0.2, 0.25) is 0 Å². The standard InChI is InChI=1S/C34H20N4S/c1-5-13-27-22(9-1)23-10-2-6-14-28(23)37(27)21-17-18-30-26(19-21)24-11-3-7-15-29(24)38(30)34-33-32(35-20-36-34)25-12-4-8-16-31(25)39-33/h1-20H. The number of para-hydroxylation sites is 3. The van der Waals surface area contributed by atoms with Crippen molar-refractivity contribution in [3.8, 4) is 11.5 Å². The molecule has 0 spiro atoms. The van der Waals surface area contributed by atoms with Gasteiger partial charge in [-0.1, -0.05) is 72.8 Å². The third-order valence-corrected chi connectivity index (χ3v) is 9.00. The summed E-state index contributed by atoms with van der Waals surface area (Å²) in [5.41, 5.74) is 6.86. The largest absolute Gasteiger partial charge is 0.309 e. The second-order valence-corrected chi connectivity index (χ2v) is 10.9. The van der Waals surface area contributed by atoms with Gasteiger partial charge in [0.25, 0.3) is 0 Å². The van der Waals surface area contributed by atoms with Crippen LogP contribution in [0.4, 0.5) is 0 Å². The third-order valence-electron chi connectivity index (χ3n) is 7.85. The van der Waals surface area contributed by atoms with Crippen molar-refractivity contribution in [3.05, 3.63) is 122 Å². The Morgan fingerprint density at radius 2 is 1.05 bits per heavy atom. The molecule has 0 atom stereocenters. The first-order chi connectivity index (χ1) is 19.4. The summed E-state index contributed by atoms with van der Waals surface area (Å²) in [6.45, 7) is 0. The Kier molecular flexibility index (Phi) is 4.18. The molecule has 0 saturated heterocycles. The van der Waals surface area contributed by atoms with E-state index in [1.165, 1.54) is 42.7 Å². The molecule has 5 aromatic carbocycles. The van der Waals surface area contributed by atoms with Crippen LogP contribution in [0.1, 0.15) is 0 Å². The molecule has 0 bridgehead atoms.